The third-order valence-electron chi connectivity index (χ3n) is 5.54. The Hall–Kier alpha value is -2.90. The summed E-state index contributed by atoms with van der Waals surface area (Å²) in [6.45, 7) is 1.44. The Morgan fingerprint density at radius 1 is 1.29 bits per heavy atom. The molecule has 1 aliphatic carbocycles. The average Bonchev–Trinajstić information content (AvgIpc) is 2.93. The van der Waals surface area contributed by atoms with Crippen molar-refractivity contribution < 1.29 is 28.7 Å². The lowest BCUT2D eigenvalue weighted by Crippen LogP contribution is -2.54. The van der Waals surface area contributed by atoms with E-state index in [1.54, 1.807) is 24.3 Å². The number of carbonyl (C=O) groups is 4. The largest absolute Gasteiger partial charge is 0.465 e. The van der Waals surface area contributed by atoms with Crippen molar-refractivity contribution in [3.05, 3.63) is 35.4 Å². The number of esters is 2. The predicted octanol–water partition coefficient (Wildman–Crippen LogP) is 2.02. The van der Waals surface area contributed by atoms with Gasteiger partial charge in [-0.05, 0) is 36.5 Å². The molecule has 1 saturated carbocycles. The molecule has 1 aromatic carbocycles. The van der Waals surface area contributed by atoms with Crippen molar-refractivity contribution in [3.8, 4) is 0 Å². The van der Waals surface area contributed by atoms with Crippen LogP contribution >= 0.6 is 0 Å². The molecule has 0 unspecified atom stereocenters. The van der Waals surface area contributed by atoms with Gasteiger partial charge in [0.1, 0.15) is 18.7 Å². The van der Waals surface area contributed by atoms with E-state index in [1.165, 1.54) is 7.11 Å². The summed E-state index contributed by atoms with van der Waals surface area (Å²) in [6.07, 6.45) is 3.34. The zero-order valence-electron chi connectivity index (χ0n) is 16.0. The molecule has 1 spiro atoms. The molecule has 2 atom stereocenters. The normalized spacial score (nSPS) is 24.2. The van der Waals surface area contributed by atoms with E-state index in [0.717, 1.165) is 24.2 Å². The Kier molecular flexibility index (Phi) is 5.67. The molecule has 28 heavy (non-hydrogen) atoms. The van der Waals surface area contributed by atoms with Crippen molar-refractivity contribution >= 4 is 23.9 Å². The minimum atomic E-state index is -0.898. The number of benzene rings is 1. The van der Waals surface area contributed by atoms with Crippen molar-refractivity contribution in [1.29, 1.82) is 0 Å². The van der Waals surface area contributed by atoms with E-state index in [1.807, 2.05) is 6.92 Å². The van der Waals surface area contributed by atoms with Crippen LogP contribution in [0.4, 0.5) is 4.79 Å². The smallest absolute Gasteiger partial charge is 0.337 e. The lowest BCUT2D eigenvalue weighted by Gasteiger charge is -2.36. The molecule has 8 heteroatoms. The molecular formula is C20H24N2O6. The first kappa shape index (κ1) is 19.9. The van der Waals surface area contributed by atoms with Crippen molar-refractivity contribution in [2.75, 3.05) is 13.7 Å². The maximum Gasteiger partial charge on any atom is 0.337 e. The monoisotopic (exact) mass is 388 g/mol. The van der Waals surface area contributed by atoms with Crippen LogP contribution in [0.25, 0.3) is 0 Å². The van der Waals surface area contributed by atoms with Crippen LogP contribution in [0.3, 0.4) is 0 Å². The SMILES string of the molecule is COC(=O)c1cccc(COC(=O)CN2C(=O)N[C@]3(CCCC[C@@H]3C)C2=O)c1. The first-order valence-electron chi connectivity index (χ1n) is 9.34. The standard InChI is InChI=1S/C20H24N2O6/c1-13-6-3-4-9-20(13)18(25)22(19(26)21-20)11-16(23)28-12-14-7-5-8-15(10-14)17(24)27-2/h5,7-8,10,13H,3-4,6,9,11-12H2,1-2H3,(H,21,26)/t13-,20-/m0/s1. The van der Waals surface area contributed by atoms with Crippen LogP contribution in [0.5, 0.6) is 0 Å². The molecule has 3 amide bonds. The summed E-state index contributed by atoms with van der Waals surface area (Å²) in [7, 11) is 1.28. The van der Waals surface area contributed by atoms with E-state index in [4.69, 9.17) is 4.74 Å². The van der Waals surface area contributed by atoms with Crippen LogP contribution in [0.1, 0.15) is 48.5 Å². The Labute approximate surface area is 163 Å². The van der Waals surface area contributed by atoms with Gasteiger partial charge in [-0.1, -0.05) is 31.9 Å². The maximum absolute atomic E-state index is 12.8. The number of rotatable bonds is 5. The van der Waals surface area contributed by atoms with Gasteiger partial charge in [0.2, 0.25) is 0 Å². The lowest BCUT2D eigenvalue weighted by atomic mass is 9.73. The third kappa shape index (κ3) is 3.72. The van der Waals surface area contributed by atoms with E-state index in [-0.39, 0.29) is 18.4 Å². The molecule has 3 rings (SSSR count). The summed E-state index contributed by atoms with van der Waals surface area (Å²) >= 11 is 0. The van der Waals surface area contributed by atoms with Crippen molar-refractivity contribution in [2.45, 2.75) is 44.8 Å². The molecule has 1 saturated heterocycles. The highest BCUT2D eigenvalue weighted by molar-refractivity contribution is 6.09. The van der Waals surface area contributed by atoms with Gasteiger partial charge in [-0.3, -0.25) is 14.5 Å². The molecule has 1 aromatic rings. The summed E-state index contributed by atoms with van der Waals surface area (Å²) < 4.78 is 9.85. The second kappa shape index (κ2) is 8.00. The second-order valence-electron chi connectivity index (χ2n) is 7.29. The van der Waals surface area contributed by atoms with Gasteiger partial charge in [-0.25, -0.2) is 9.59 Å². The quantitative estimate of drug-likeness (QED) is 0.612. The summed E-state index contributed by atoms with van der Waals surface area (Å²) in [5.41, 5.74) is 0.0500. The third-order valence-corrected chi connectivity index (χ3v) is 5.54. The zero-order chi connectivity index (χ0) is 20.3. The maximum atomic E-state index is 12.8. The lowest BCUT2D eigenvalue weighted by molar-refractivity contribution is -0.149. The summed E-state index contributed by atoms with van der Waals surface area (Å²) in [6, 6.07) is 5.96. The number of nitrogens with zero attached hydrogens (tertiary/aromatic N) is 1. The predicted molar refractivity (Wildman–Crippen MR) is 98.2 cm³/mol. The van der Waals surface area contributed by atoms with Gasteiger partial charge in [-0.2, -0.15) is 0 Å². The topological polar surface area (TPSA) is 102 Å². The van der Waals surface area contributed by atoms with E-state index < -0.39 is 30.1 Å². The fourth-order valence-electron chi connectivity index (χ4n) is 3.88. The number of amides is 3. The Balaban J connectivity index is 1.60. The number of nitrogens with one attached hydrogen (secondary N) is 1. The average molecular weight is 388 g/mol. The Morgan fingerprint density at radius 2 is 2.07 bits per heavy atom. The Bertz CT molecular complexity index is 808. The second-order valence-corrected chi connectivity index (χ2v) is 7.29. The summed E-state index contributed by atoms with van der Waals surface area (Å²) in [5.74, 6) is -1.50. The van der Waals surface area contributed by atoms with E-state index in [2.05, 4.69) is 10.1 Å². The highest BCUT2D eigenvalue weighted by Crippen LogP contribution is 2.38. The fraction of sp³-hybridized carbons (Fsp3) is 0.500. The number of imide groups is 1. The van der Waals surface area contributed by atoms with Crippen LogP contribution in [-0.2, 0) is 25.7 Å². The molecule has 2 fully saturated rings. The number of hydrogen-bond donors (Lipinski definition) is 1. The van der Waals surface area contributed by atoms with Crippen molar-refractivity contribution in [2.24, 2.45) is 5.92 Å². The van der Waals surface area contributed by atoms with Crippen LogP contribution in [0.2, 0.25) is 0 Å². The molecule has 1 aliphatic heterocycles. The molecular weight excluding hydrogens is 364 g/mol. The molecule has 0 radical (unpaired) electrons. The van der Waals surface area contributed by atoms with Gasteiger partial charge in [0, 0.05) is 0 Å². The first-order chi connectivity index (χ1) is 13.4. The van der Waals surface area contributed by atoms with Gasteiger partial charge < -0.3 is 14.8 Å². The molecule has 2 aliphatic rings. The van der Waals surface area contributed by atoms with E-state index in [0.29, 0.717) is 17.5 Å². The number of hydrogen-bond acceptors (Lipinski definition) is 6. The number of methoxy groups -OCH3 is 1. The van der Waals surface area contributed by atoms with E-state index >= 15 is 0 Å². The number of ether oxygens (including phenoxy) is 2. The van der Waals surface area contributed by atoms with Crippen LogP contribution in [0, 0.1) is 5.92 Å². The number of carbonyl (C=O) groups excluding carboxylic acids is 4. The van der Waals surface area contributed by atoms with Gasteiger partial charge in [0.15, 0.2) is 0 Å². The molecule has 0 aromatic heterocycles. The molecule has 8 nitrogen and oxygen atoms in total. The van der Waals surface area contributed by atoms with Gasteiger partial charge in [0.05, 0.1) is 12.7 Å². The molecule has 0 bridgehead atoms. The van der Waals surface area contributed by atoms with Crippen LogP contribution in [-0.4, -0.2) is 48.0 Å². The van der Waals surface area contributed by atoms with Gasteiger partial charge in [-0.15, -0.1) is 0 Å². The Morgan fingerprint density at radius 3 is 2.79 bits per heavy atom. The molecule has 150 valence electrons. The highest BCUT2D eigenvalue weighted by atomic mass is 16.5. The van der Waals surface area contributed by atoms with Gasteiger partial charge in [0.25, 0.3) is 5.91 Å². The summed E-state index contributed by atoms with van der Waals surface area (Å²) in [5, 5.41) is 2.80. The molecule has 1 heterocycles. The van der Waals surface area contributed by atoms with Crippen molar-refractivity contribution in [3.63, 3.8) is 0 Å². The highest BCUT2D eigenvalue weighted by Gasteiger charge is 2.55. The summed E-state index contributed by atoms with van der Waals surface area (Å²) in [4.78, 5) is 49.9. The van der Waals surface area contributed by atoms with E-state index in [9.17, 15) is 19.2 Å². The van der Waals surface area contributed by atoms with Gasteiger partial charge >= 0.3 is 18.0 Å². The zero-order valence-corrected chi connectivity index (χ0v) is 16.0. The molecule has 1 N–H and O–H groups in total. The fourth-order valence-corrected chi connectivity index (χ4v) is 3.88. The first-order valence-corrected chi connectivity index (χ1v) is 9.34. The number of urea groups is 1. The minimum Gasteiger partial charge on any atom is -0.465 e. The minimum absolute atomic E-state index is 0.0276. The van der Waals surface area contributed by atoms with Crippen molar-refractivity contribution in [1.82, 2.24) is 10.2 Å². The van der Waals surface area contributed by atoms with Crippen LogP contribution in [0.15, 0.2) is 24.3 Å². The van der Waals surface area contributed by atoms with Crippen LogP contribution < -0.4 is 5.32 Å².